The lowest BCUT2D eigenvalue weighted by Crippen LogP contribution is -2.38. The average Bonchev–Trinajstić information content (AvgIpc) is 3.10. The predicted octanol–water partition coefficient (Wildman–Crippen LogP) is 5.25. The lowest BCUT2D eigenvalue weighted by atomic mass is 9.85. The number of benzene rings is 2. The Labute approximate surface area is 162 Å². The molecule has 28 heavy (non-hydrogen) atoms. The molecule has 0 fully saturated rings. The number of hydrogen-bond acceptors (Lipinski definition) is 4. The minimum atomic E-state index is -0.626. The quantitative estimate of drug-likeness (QED) is 0.605. The van der Waals surface area contributed by atoms with Crippen molar-refractivity contribution < 1.29 is 18.7 Å². The molecule has 3 aromatic rings. The summed E-state index contributed by atoms with van der Waals surface area (Å²) in [5.74, 6) is -0.896. The molecule has 6 heteroatoms. The number of hydrogen-bond donors (Lipinski definition) is 2. The highest BCUT2D eigenvalue weighted by Gasteiger charge is 2.41. The second-order valence-electron chi connectivity index (χ2n) is 6.98. The average molecular weight is 382 g/mol. The second kappa shape index (κ2) is 6.95. The normalized spacial score (nSPS) is 17.8. The van der Waals surface area contributed by atoms with Gasteiger partial charge in [0.15, 0.2) is 6.23 Å². The Morgan fingerprint density at radius 2 is 1.96 bits per heavy atom. The first-order valence-electron chi connectivity index (χ1n) is 9.46. The van der Waals surface area contributed by atoms with Gasteiger partial charge in [-0.2, -0.15) is 0 Å². The van der Waals surface area contributed by atoms with Crippen LogP contribution in [0.25, 0.3) is 10.9 Å². The molecule has 0 saturated heterocycles. The lowest BCUT2D eigenvalue weighted by molar-refractivity contribution is -0.103. The van der Waals surface area contributed by atoms with Gasteiger partial charge in [-0.05, 0) is 37.1 Å². The van der Waals surface area contributed by atoms with Gasteiger partial charge in [-0.3, -0.25) is 0 Å². The topological polar surface area (TPSA) is 63.4 Å². The largest absolute Gasteiger partial charge is 0.464 e. The van der Waals surface area contributed by atoms with Crippen molar-refractivity contribution in [3.63, 3.8) is 0 Å². The van der Waals surface area contributed by atoms with Gasteiger partial charge in [0.25, 0.3) is 0 Å². The molecule has 2 aromatic carbocycles. The summed E-state index contributed by atoms with van der Waals surface area (Å²) in [5.41, 5.74) is 3.00. The van der Waals surface area contributed by atoms with Crippen LogP contribution in [0.4, 0.5) is 10.1 Å². The summed E-state index contributed by atoms with van der Waals surface area (Å²) in [6.45, 7) is 4.16. The number of ether oxygens (including phenoxy) is 2. The smallest absolute Gasteiger partial charge is 0.354 e. The van der Waals surface area contributed by atoms with Gasteiger partial charge in [-0.15, -0.1) is 0 Å². The van der Waals surface area contributed by atoms with Crippen molar-refractivity contribution >= 4 is 22.6 Å². The standard InChI is InChI=1S/C22H23FN2O3/c1-4-22(5-2)15-8-6-7-9-17(15)25-20(28-22)18-14-12-13(23)10-11-16(14)24-19(18)21(26)27-3/h6-12,20,24-25H,4-5H2,1-3H3/t20-/m0/s1. The number of esters is 1. The molecule has 1 aliphatic rings. The second-order valence-corrected chi connectivity index (χ2v) is 6.98. The highest BCUT2D eigenvalue weighted by molar-refractivity contribution is 5.98. The van der Waals surface area contributed by atoms with E-state index in [1.807, 2.05) is 18.2 Å². The number of fused-ring (bicyclic) bond motifs is 2. The third kappa shape index (κ3) is 2.76. The van der Waals surface area contributed by atoms with Crippen LogP contribution >= 0.6 is 0 Å². The van der Waals surface area contributed by atoms with Gasteiger partial charge in [0, 0.05) is 27.7 Å². The maximum atomic E-state index is 14.0. The number of rotatable bonds is 4. The van der Waals surface area contributed by atoms with Gasteiger partial charge < -0.3 is 19.8 Å². The van der Waals surface area contributed by atoms with Crippen LogP contribution in [0, 0.1) is 5.82 Å². The molecule has 1 aliphatic heterocycles. The summed E-state index contributed by atoms with van der Waals surface area (Å²) >= 11 is 0. The van der Waals surface area contributed by atoms with E-state index in [9.17, 15) is 9.18 Å². The van der Waals surface area contributed by atoms with E-state index in [0.717, 1.165) is 24.1 Å². The van der Waals surface area contributed by atoms with Gasteiger partial charge >= 0.3 is 5.97 Å². The fourth-order valence-corrected chi connectivity index (χ4v) is 4.12. The van der Waals surface area contributed by atoms with Crippen molar-refractivity contribution in [3.05, 3.63) is 65.1 Å². The van der Waals surface area contributed by atoms with Crippen molar-refractivity contribution in [2.45, 2.75) is 38.5 Å². The molecule has 0 radical (unpaired) electrons. The molecule has 1 atom stereocenters. The van der Waals surface area contributed by atoms with Crippen LogP contribution < -0.4 is 5.32 Å². The van der Waals surface area contributed by atoms with Gasteiger partial charge in [0.1, 0.15) is 11.5 Å². The Hall–Kier alpha value is -2.86. The van der Waals surface area contributed by atoms with Gasteiger partial charge in [0.05, 0.1) is 12.7 Å². The number of H-pyrrole nitrogens is 1. The van der Waals surface area contributed by atoms with Crippen LogP contribution in [0.5, 0.6) is 0 Å². The summed E-state index contributed by atoms with van der Waals surface area (Å²) in [4.78, 5) is 15.5. The van der Waals surface area contributed by atoms with Crippen molar-refractivity contribution in [2.75, 3.05) is 12.4 Å². The zero-order chi connectivity index (χ0) is 19.9. The highest BCUT2D eigenvalue weighted by Crippen LogP contribution is 2.47. The van der Waals surface area contributed by atoms with Crippen LogP contribution in [-0.4, -0.2) is 18.1 Å². The maximum absolute atomic E-state index is 14.0. The number of aromatic amines is 1. The lowest BCUT2D eigenvalue weighted by Gasteiger charge is -2.43. The summed E-state index contributed by atoms with van der Waals surface area (Å²) in [5, 5.41) is 3.98. The molecule has 0 aliphatic carbocycles. The molecule has 4 rings (SSSR count). The first kappa shape index (κ1) is 18.5. The van der Waals surface area contributed by atoms with E-state index < -0.39 is 17.8 Å². The number of carbonyl (C=O) groups excluding carboxylic acids is 1. The SMILES string of the molecule is CCC1(CC)O[C@@H](c2c(C(=O)OC)[nH]c3ccc(F)cc23)Nc2ccccc21. The minimum absolute atomic E-state index is 0.265. The van der Waals surface area contributed by atoms with Gasteiger partial charge in [-0.25, -0.2) is 9.18 Å². The number of nitrogens with one attached hydrogen (secondary N) is 2. The Morgan fingerprint density at radius 1 is 1.21 bits per heavy atom. The van der Waals surface area contributed by atoms with E-state index in [-0.39, 0.29) is 11.5 Å². The van der Waals surface area contributed by atoms with E-state index in [4.69, 9.17) is 9.47 Å². The predicted molar refractivity (Wildman–Crippen MR) is 106 cm³/mol. The molecule has 0 spiro atoms. The molecule has 0 amide bonds. The zero-order valence-electron chi connectivity index (χ0n) is 16.1. The van der Waals surface area contributed by atoms with E-state index in [1.54, 1.807) is 6.07 Å². The van der Waals surface area contributed by atoms with Crippen molar-refractivity contribution in [3.8, 4) is 0 Å². The Kier molecular flexibility index (Phi) is 4.59. The molecule has 0 unspecified atom stereocenters. The molecular weight excluding hydrogens is 359 g/mol. The van der Waals surface area contributed by atoms with Crippen molar-refractivity contribution in [2.24, 2.45) is 0 Å². The van der Waals surface area contributed by atoms with E-state index in [2.05, 4.69) is 30.2 Å². The Bertz CT molecular complexity index is 1040. The molecule has 5 nitrogen and oxygen atoms in total. The number of halogens is 1. The third-order valence-electron chi connectivity index (χ3n) is 5.64. The summed E-state index contributed by atoms with van der Waals surface area (Å²) < 4.78 is 25.5. The van der Waals surface area contributed by atoms with Crippen LogP contribution in [0.3, 0.4) is 0 Å². The molecule has 2 heterocycles. The molecule has 2 N–H and O–H groups in total. The van der Waals surface area contributed by atoms with Gasteiger partial charge in [-0.1, -0.05) is 32.0 Å². The van der Waals surface area contributed by atoms with E-state index in [1.165, 1.54) is 19.2 Å². The van der Waals surface area contributed by atoms with Crippen LogP contribution in [0.1, 0.15) is 54.5 Å². The summed E-state index contributed by atoms with van der Waals surface area (Å²) in [7, 11) is 1.32. The molecule has 0 saturated carbocycles. The number of para-hydroxylation sites is 1. The first-order valence-corrected chi connectivity index (χ1v) is 9.46. The minimum Gasteiger partial charge on any atom is -0.464 e. The van der Waals surface area contributed by atoms with Crippen molar-refractivity contribution in [1.82, 2.24) is 4.98 Å². The third-order valence-corrected chi connectivity index (χ3v) is 5.64. The fraction of sp³-hybridized carbons (Fsp3) is 0.318. The molecular formula is C22H23FN2O3. The highest BCUT2D eigenvalue weighted by atomic mass is 19.1. The van der Waals surface area contributed by atoms with Crippen LogP contribution in [-0.2, 0) is 15.1 Å². The molecule has 0 bridgehead atoms. The number of methoxy groups -OCH3 is 1. The summed E-state index contributed by atoms with van der Waals surface area (Å²) in [6.07, 6.45) is 0.908. The first-order chi connectivity index (χ1) is 13.5. The van der Waals surface area contributed by atoms with Crippen molar-refractivity contribution in [1.29, 1.82) is 0 Å². The van der Waals surface area contributed by atoms with Crippen LogP contribution in [0.2, 0.25) is 0 Å². The number of carbonyl (C=O) groups is 1. The molecule has 146 valence electrons. The number of anilines is 1. The summed E-state index contributed by atoms with van der Waals surface area (Å²) in [6, 6.07) is 12.4. The van der Waals surface area contributed by atoms with E-state index in [0.29, 0.717) is 16.5 Å². The molecule has 1 aromatic heterocycles. The van der Waals surface area contributed by atoms with E-state index >= 15 is 0 Å². The Balaban J connectivity index is 1.93. The monoisotopic (exact) mass is 382 g/mol. The fourth-order valence-electron chi connectivity index (χ4n) is 4.12. The van der Waals surface area contributed by atoms with Crippen LogP contribution in [0.15, 0.2) is 42.5 Å². The number of aromatic nitrogens is 1. The van der Waals surface area contributed by atoms with Gasteiger partial charge in [0.2, 0.25) is 0 Å². The Morgan fingerprint density at radius 3 is 2.68 bits per heavy atom. The maximum Gasteiger partial charge on any atom is 0.354 e. The zero-order valence-corrected chi connectivity index (χ0v) is 16.1.